The number of aromatic amines is 1. The fourth-order valence-electron chi connectivity index (χ4n) is 4.45. The van der Waals surface area contributed by atoms with Crippen molar-refractivity contribution in [3.63, 3.8) is 0 Å². The Morgan fingerprint density at radius 2 is 1.97 bits per heavy atom. The summed E-state index contributed by atoms with van der Waals surface area (Å²) in [4.78, 5) is 15.1. The first-order valence-corrected chi connectivity index (χ1v) is 12.3. The van der Waals surface area contributed by atoms with Gasteiger partial charge in [0.15, 0.2) is 0 Å². The minimum Gasteiger partial charge on any atom is -0.327 e. The first-order chi connectivity index (χ1) is 14.5. The predicted octanol–water partition coefficient (Wildman–Crippen LogP) is 4.37. The zero-order valence-electron chi connectivity index (χ0n) is 18.0. The Morgan fingerprint density at radius 1 is 1.26 bits per heavy atom. The molecule has 0 saturated carbocycles. The Bertz CT molecular complexity index is 1410. The van der Waals surface area contributed by atoms with E-state index in [0.717, 1.165) is 19.7 Å². The number of fused-ring (bicyclic) bond motifs is 1. The van der Waals surface area contributed by atoms with Gasteiger partial charge in [0.25, 0.3) is 5.56 Å². The van der Waals surface area contributed by atoms with Crippen molar-refractivity contribution in [1.29, 1.82) is 0 Å². The molecule has 1 aliphatic rings. The maximum absolute atomic E-state index is 14.2. The monoisotopic (exact) mass is 504 g/mol. The van der Waals surface area contributed by atoms with Crippen LogP contribution in [-0.4, -0.2) is 31.9 Å². The third-order valence-corrected chi connectivity index (χ3v) is 9.30. The molecule has 1 aliphatic carbocycles. The highest BCUT2D eigenvalue weighted by atomic mass is 79.9. The molecule has 31 heavy (non-hydrogen) atoms. The van der Waals surface area contributed by atoms with Gasteiger partial charge < -0.3 is 4.98 Å². The number of hydrogen-bond acceptors (Lipinski definition) is 4. The lowest BCUT2D eigenvalue weighted by Crippen LogP contribution is -2.46. The van der Waals surface area contributed by atoms with E-state index in [1.165, 1.54) is 12.4 Å². The van der Waals surface area contributed by atoms with Crippen LogP contribution < -0.4 is 5.56 Å². The van der Waals surface area contributed by atoms with Gasteiger partial charge in [0.1, 0.15) is 10.3 Å². The van der Waals surface area contributed by atoms with Crippen molar-refractivity contribution in [3.8, 4) is 0 Å². The lowest BCUT2D eigenvalue weighted by atomic mass is 9.79. The molecule has 3 aromatic rings. The standard InChI is InChI=1S/C22H25BrN4O3S/c1-13(2)27-15(4)18(12-25-27)19-11-17(23)10-14(3)22(19,5)31(29,30)26-9-7-16-6-8-24-21(28)20(16)26/h6-13,19H,1-5H3,(H,24,28). The van der Waals surface area contributed by atoms with Crippen LogP contribution in [0.25, 0.3) is 10.9 Å². The fraction of sp³-hybridized carbons (Fsp3) is 0.364. The lowest BCUT2D eigenvalue weighted by molar-refractivity contribution is 0.511. The van der Waals surface area contributed by atoms with E-state index in [1.54, 1.807) is 25.3 Å². The molecule has 0 bridgehead atoms. The number of aromatic nitrogens is 4. The fourth-order valence-corrected chi connectivity index (χ4v) is 7.10. The van der Waals surface area contributed by atoms with E-state index in [0.29, 0.717) is 11.0 Å². The molecule has 164 valence electrons. The van der Waals surface area contributed by atoms with Crippen LogP contribution in [0.3, 0.4) is 0 Å². The topological polar surface area (TPSA) is 89.8 Å². The number of pyridine rings is 1. The molecule has 3 aromatic heterocycles. The van der Waals surface area contributed by atoms with E-state index < -0.39 is 26.2 Å². The van der Waals surface area contributed by atoms with Gasteiger partial charge in [-0.2, -0.15) is 5.10 Å². The summed E-state index contributed by atoms with van der Waals surface area (Å²) >= 11 is 3.55. The number of rotatable bonds is 4. The maximum atomic E-state index is 14.2. The summed E-state index contributed by atoms with van der Waals surface area (Å²) in [6, 6.07) is 3.49. The van der Waals surface area contributed by atoms with Gasteiger partial charge >= 0.3 is 0 Å². The van der Waals surface area contributed by atoms with E-state index in [1.807, 2.05) is 44.5 Å². The van der Waals surface area contributed by atoms with Gasteiger partial charge in [0.2, 0.25) is 10.0 Å². The first kappa shape index (κ1) is 21.8. The SMILES string of the molecule is CC1=CC(Br)=CC(c2cnn(C(C)C)c2C)C1(C)S(=O)(=O)n1ccc2cc[nH]c(=O)c21. The van der Waals surface area contributed by atoms with E-state index in [4.69, 9.17) is 0 Å². The van der Waals surface area contributed by atoms with Crippen LogP contribution in [-0.2, 0) is 10.0 Å². The summed E-state index contributed by atoms with van der Waals surface area (Å²) in [5.74, 6) is -0.496. The number of hydrogen-bond donors (Lipinski definition) is 1. The number of H-pyrrole nitrogens is 1. The summed E-state index contributed by atoms with van der Waals surface area (Å²) in [5, 5.41) is 5.09. The molecule has 0 aliphatic heterocycles. The molecule has 0 fully saturated rings. The van der Waals surface area contributed by atoms with Crippen molar-refractivity contribution >= 4 is 36.9 Å². The number of nitrogens with zero attached hydrogens (tertiary/aromatic N) is 3. The summed E-state index contributed by atoms with van der Waals surface area (Å²) in [6.45, 7) is 9.58. The Balaban J connectivity index is 1.99. The van der Waals surface area contributed by atoms with Crippen molar-refractivity contribution in [2.24, 2.45) is 0 Å². The highest BCUT2D eigenvalue weighted by Crippen LogP contribution is 2.48. The molecule has 0 amide bonds. The van der Waals surface area contributed by atoms with Crippen molar-refractivity contribution in [2.45, 2.75) is 51.3 Å². The molecule has 4 rings (SSSR count). The van der Waals surface area contributed by atoms with E-state index in [-0.39, 0.29) is 11.6 Å². The highest BCUT2D eigenvalue weighted by molar-refractivity contribution is 9.11. The van der Waals surface area contributed by atoms with Gasteiger partial charge in [-0.15, -0.1) is 0 Å². The minimum absolute atomic E-state index is 0.124. The highest BCUT2D eigenvalue weighted by Gasteiger charge is 2.51. The third-order valence-electron chi connectivity index (χ3n) is 6.33. The molecule has 0 aromatic carbocycles. The molecule has 0 radical (unpaired) electrons. The van der Waals surface area contributed by atoms with Crippen LogP contribution in [0.15, 0.2) is 57.7 Å². The van der Waals surface area contributed by atoms with Gasteiger partial charge in [0, 0.05) is 45.5 Å². The second-order valence-corrected chi connectivity index (χ2v) is 11.5. The molecule has 9 heteroatoms. The number of nitrogens with one attached hydrogen (secondary N) is 1. The molecular formula is C22H25BrN4O3S. The maximum Gasteiger partial charge on any atom is 0.273 e. The minimum atomic E-state index is -4.04. The normalized spacial score (nSPS) is 22.1. The molecule has 2 unspecified atom stereocenters. The van der Waals surface area contributed by atoms with Gasteiger partial charge in [0.05, 0.1) is 6.20 Å². The second-order valence-electron chi connectivity index (χ2n) is 8.41. The van der Waals surface area contributed by atoms with Crippen LogP contribution in [0.1, 0.15) is 50.9 Å². The first-order valence-electron chi connectivity index (χ1n) is 10.0. The Labute approximate surface area is 189 Å². The van der Waals surface area contributed by atoms with Crippen LogP contribution >= 0.6 is 15.9 Å². The van der Waals surface area contributed by atoms with E-state index >= 15 is 0 Å². The van der Waals surface area contributed by atoms with Crippen molar-refractivity contribution in [3.05, 3.63) is 74.5 Å². The average molecular weight is 505 g/mol. The van der Waals surface area contributed by atoms with Crippen molar-refractivity contribution in [2.75, 3.05) is 0 Å². The second kappa shape index (κ2) is 7.34. The summed E-state index contributed by atoms with van der Waals surface area (Å²) in [6.07, 6.45) is 8.47. The van der Waals surface area contributed by atoms with Crippen molar-refractivity contribution in [1.82, 2.24) is 18.7 Å². The largest absolute Gasteiger partial charge is 0.327 e. The smallest absolute Gasteiger partial charge is 0.273 e. The summed E-state index contributed by atoms with van der Waals surface area (Å²) < 4.78 is 30.9. The van der Waals surface area contributed by atoms with E-state index in [9.17, 15) is 13.2 Å². The van der Waals surface area contributed by atoms with Crippen molar-refractivity contribution < 1.29 is 8.42 Å². The zero-order chi connectivity index (χ0) is 22.7. The van der Waals surface area contributed by atoms with Crippen LogP contribution in [0.5, 0.6) is 0 Å². The Morgan fingerprint density at radius 3 is 2.61 bits per heavy atom. The molecule has 7 nitrogen and oxygen atoms in total. The molecule has 2 atom stereocenters. The molecular weight excluding hydrogens is 480 g/mol. The third kappa shape index (κ3) is 3.09. The number of halogens is 1. The van der Waals surface area contributed by atoms with Crippen LogP contribution in [0.4, 0.5) is 0 Å². The van der Waals surface area contributed by atoms with Gasteiger partial charge in [-0.25, -0.2) is 12.4 Å². The van der Waals surface area contributed by atoms with Gasteiger partial charge in [-0.1, -0.05) is 22.0 Å². The molecule has 1 N–H and O–H groups in total. The number of allylic oxidation sites excluding steroid dienone is 3. The molecule has 0 saturated heterocycles. The summed E-state index contributed by atoms with van der Waals surface area (Å²) in [5.41, 5.74) is 2.12. The Hall–Kier alpha value is -2.39. The summed E-state index contributed by atoms with van der Waals surface area (Å²) in [7, 11) is -4.04. The van der Waals surface area contributed by atoms with Gasteiger partial charge in [-0.3, -0.25) is 9.48 Å². The average Bonchev–Trinajstić information content (AvgIpc) is 3.29. The predicted molar refractivity (Wildman–Crippen MR) is 126 cm³/mol. The zero-order valence-corrected chi connectivity index (χ0v) is 20.5. The van der Waals surface area contributed by atoms with Crippen LogP contribution in [0, 0.1) is 6.92 Å². The van der Waals surface area contributed by atoms with Gasteiger partial charge in [-0.05, 0) is 58.4 Å². The molecule has 0 spiro atoms. The quantitative estimate of drug-likeness (QED) is 0.570. The Kier molecular flexibility index (Phi) is 5.17. The van der Waals surface area contributed by atoms with Crippen LogP contribution in [0.2, 0.25) is 0 Å². The lowest BCUT2D eigenvalue weighted by Gasteiger charge is -2.39. The van der Waals surface area contributed by atoms with E-state index in [2.05, 4.69) is 26.0 Å². The molecule has 3 heterocycles.